The van der Waals surface area contributed by atoms with Gasteiger partial charge in [-0.1, -0.05) is 51.1 Å². The maximum atomic E-state index is 4.81. The molecule has 0 aliphatic heterocycles. The summed E-state index contributed by atoms with van der Waals surface area (Å²) in [6.45, 7) is 11.0. The van der Waals surface area contributed by atoms with E-state index in [2.05, 4.69) is 58.9 Å². The Balaban J connectivity index is 2.85. The summed E-state index contributed by atoms with van der Waals surface area (Å²) >= 11 is 0. The van der Waals surface area contributed by atoms with Gasteiger partial charge in [0.1, 0.15) is 0 Å². The van der Waals surface area contributed by atoms with E-state index in [1.807, 2.05) is 6.07 Å². The predicted octanol–water partition coefficient (Wildman–Crippen LogP) is 4.64. The van der Waals surface area contributed by atoms with Crippen molar-refractivity contribution >= 4 is 5.71 Å². The maximum Gasteiger partial charge on any atom is 0.0720 e. The van der Waals surface area contributed by atoms with E-state index >= 15 is 0 Å². The van der Waals surface area contributed by atoms with E-state index in [1.165, 1.54) is 11.3 Å². The van der Waals surface area contributed by atoms with Gasteiger partial charge in [-0.2, -0.15) is 0 Å². The zero-order valence-corrected chi connectivity index (χ0v) is 11.1. The van der Waals surface area contributed by atoms with Crippen molar-refractivity contribution in [1.29, 1.82) is 0 Å². The normalized spacial score (nSPS) is 14.9. The van der Waals surface area contributed by atoms with Gasteiger partial charge >= 0.3 is 0 Å². The molecule has 0 aliphatic carbocycles. The van der Waals surface area contributed by atoms with Crippen LogP contribution in [0.2, 0.25) is 0 Å². The van der Waals surface area contributed by atoms with Crippen molar-refractivity contribution in [3.8, 4) is 0 Å². The van der Waals surface area contributed by atoms with Gasteiger partial charge in [0.2, 0.25) is 0 Å². The molecular formula is C15H23N. The van der Waals surface area contributed by atoms with Crippen LogP contribution in [0, 0.1) is 5.41 Å². The van der Waals surface area contributed by atoms with Gasteiger partial charge in [0.15, 0.2) is 0 Å². The minimum atomic E-state index is 0.211. The van der Waals surface area contributed by atoms with E-state index in [9.17, 15) is 0 Å². The van der Waals surface area contributed by atoms with Gasteiger partial charge < -0.3 is 0 Å². The lowest BCUT2D eigenvalue weighted by Gasteiger charge is -2.24. The van der Waals surface area contributed by atoms with Crippen LogP contribution in [0.15, 0.2) is 35.3 Å². The summed E-state index contributed by atoms with van der Waals surface area (Å²) in [7, 11) is 0. The Kier molecular flexibility index (Phi) is 4.28. The largest absolute Gasteiger partial charge is 0.286 e. The number of hydrogen-bond acceptors (Lipinski definition) is 1. The Morgan fingerprint density at radius 2 is 1.81 bits per heavy atom. The van der Waals surface area contributed by atoms with Crippen molar-refractivity contribution in [3.05, 3.63) is 35.9 Å². The zero-order chi connectivity index (χ0) is 12.2. The minimum absolute atomic E-state index is 0.211. The third-order valence-corrected chi connectivity index (χ3v) is 3.53. The SMILES string of the molecule is CCC(C)(C)C(C)=N[C@H](C)c1ccccc1. The molecule has 0 saturated carbocycles. The maximum absolute atomic E-state index is 4.81. The third-order valence-electron chi connectivity index (χ3n) is 3.53. The molecule has 0 unspecified atom stereocenters. The topological polar surface area (TPSA) is 12.4 Å². The molecule has 1 nitrogen and oxygen atoms in total. The highest BCUT2D eigenvalue weighted by Crippen LogP contribution is 2.25. The summed E-state index contributed by atoms with van der Waals surface area (Å²) < 4.78 is 0. The average molecular weight is 217 g/mol. The second-order valence-electron chi connectivity index (χ2n) is 5.04. The van der Waals surface area contributed by atoms with Crippen molar-refractivity contribution in [3.63, 3.8) is 0 Å². The zero-order valence-electron chi connectivity index (χ0n) is 11.1. The van der Waals surface area contributed by atoms with Crippen LogP contribution in [-0.4, -0.2) is 5.71 Å². The first-order chi connectivity index (χ1) is 7.47. The number of nitrogens with zero attached hydrogens (tertiary/aromatic N) is 1. The highest BCUT2D eigenvalue weighted by atomic mass is 14.8. The van der Waals surface area contributed by atoms with Gasteiger partial charge in [-0.15, -0.1) is 0 Å². The van der Waals surface area contributed by atoms with Gasteiger partial charge in [0, 0.05) is 11.1 Å². The highest BCUT2D eigenvalue weighted by Gasteiger charge is 2.19. The van der Waals surface area contributed by atoms with Crippen molar-refractivity contribution < 1.29 is 0 Å². The molecule has 0 saturated heterocycles. The summed E-state index contributed by atoms with van der Waals surface area (Å²) in [5.74, 6) is 0. The van der Waals surface area contributed by atoms with Crippen molar-refractivity contribution in [2.75, 3.05) is 0 Å². The van der Waals surface area contributed by atoms with Gasteiger partial charge in [-0.05, 0) is 25.8 Å². The smallest absolute Gasteiger partial charge is 0.0720 e. The highest BCUT2D eigenvalue weighted by molar-refractivity contribution is 5.87. The first-order valence-corrected chi connectivity index (χ1v) is 6.07. The lowest BCUT2D eigenvalue weighted by Crippen LogP contribution is -2.21. The minimum Gasteiger partial charge on any atom is -0.286 e. The molecule has 0 amide bonds. The van der Waals surface area contributed by atoms with E-state index in [0.717, 1.165) is 6.42 Å². The average Bonchev–Trinajstić information content (AvgIpc) is 2.30. The number of rotatable bonds is 4. The Morgan fingerprint density at radius 1 is 1.25 bits per heavy atom. The molecule has 0 aliphatic rings. The molecule has 0 fully saturated rings. The van der Waals surface area contributed by atoms with E-state index < -0.39 is 0 Å². The lowest BCUT2D eigenvalue weighted by atomic mass is 9.85. The molecule has 0 radical (unpaired) electrons. The third kappa shape index (κ3) is 3.19. The van der Waals surface area contributed by atoms with Crippen molar-refractivity contribution in [2.45, 2.75) is 47.1 Å². The monoisotopic (exact) mass is 217 g/mol. The first kappa shape index (κ1) is 13.0. The fourth-order valence-electron chi connectivity index (χ4n) is 1.53. The molecule has 88 valence electrons. The van der Waals surface area contributed by atoms with E-state index in [1.54, 1.807) is 0 Å². The molecule has 0 aromatic heterocycles. The number of hydrogen-bond donors (Lipinski definition) is 0. The molecule has 1 aromatic rings. The summed E-state index contributed by atoms with van der Waals surface area (Å²) in [5.41, 5.74) is 2.74. The van der Waals surface area contributed by atoms with Gasteiger partial charge in [-0.25, -0.2) is 0 Å². The van der Waals surface area contributed by atoms with Crippen molar-refractivity contribution in [1.82, 2.24) is 0 Å². The standard InChI is InChI=1S/C15H23N/c1-6-15(4,5)13(3)16-12(2)14-10-8-7-9-11-14/h7-12H,6H2,1-5H3/t12-/m1/s1. The van der Waals surface area contributed by atoms with Gasteiger partial charge in [-0.3, -0.25) is 4.99 Å². The van der Waals surface area contributed by atoms with Crippen LogP contribution >= 0.6 is 0 Å². The first-order valence-electron chi connectivity index (χ1n) is 6.07. The quantitative estimate of drug-likeness (QED) is 0.651. The molecule has 16 heavy (non-hydrogen) atoms. The summed E-state index contributed by atoms with van der Waals surface area (Å²) in [4.78, 5) is 4.81. The molecule has 1 heteroatoms. The van der Waals surface area contributed by atoms with Crippen LogP contribution in [-0.2, 0) is 0 Å². The molecule has 0 heterocycles. The number of benzene rings is 1. The molecule has 0 spiro atoms. The Morgan fingerprint density at radius 3 is 2.31 bits per heavy atom. The summed E-state index contributed by atoms with van der Waals surface area (Å²) in [5, 5.41) is 0. The van der Waals surface area contributed by atoms with Crippen LogP contribution in [0.1, 0.15) is 52.6 Å². The van der Waals surface area contributed by atoms with E-state index in [-0.39, 0.29) is 11.5 Å². The van der Waals surface area contributed by atoms with Gasteiger partial charge in [0.25, 0.3) is 0 Å². The number of aliphatic imine (C=N–C) groups is 1. The summed E-state index contributed by atoms with van der Waals surface area (Å²) in [6.07, 6.45) is 1.13. The van der Waals surface area contributed by atoms with E-state index in [4.69, 9.17) is 4.99 Å². The Bertz CT molecular complexity index is 349. The molecule has 0 N–H and O–H groups in total. The molecule has 0 bridgehead atoms. The predicted molar refractivity (Wildman–Crippen MR) is 72.0 cm³/mol. The van der Waals surface area contributed by atoms with E-state index in [0.29, 0.717) is 0 Å². The lowest BCUT2D eigenvalue weighted by molar-refractivity contribution is 0.495. The summed E-state index contributed by atoms with van der Waals surface area (Å²) in [6, 6.07) is 10.7. The van der Waals surface area contributed by atoms with Crippen LogP contribution in [0.5, 0.6) is 0 Å². The fraction of sp³-hybridized carbons (Fsp3) is 0.533. The Labute approximate surface area is 99.6 Å². The molecule has 1 aromatic carbocycles. The van der Waals surface area contributed by atoms with Crippen LogP contribution in [0.3, 0.4) is 0 Å². The van der Waals surface area contributed by atoms with Crippen LogP contribution in [0.4, 0.5) is 0 Å². The fourth-order valence-corrected chi connectivity index (χ4v) is 1.53. The van der Waals surface area contributed by atoms with Gasteiger partial charge in [0.05, 0.1) is 6.04 Å². The Hall–Kier alpha value is -1.11. The van der Waals surface area contributed by atoms with Crippen molar-refractivity contribution in [2.24, 2.45) is 10.4 Å². The molecular weight excluding hydrogens is 194 g/mol. The second kappa shape index (κ2) is 5.29. The molecule has 1 atom stereocenters. The second-order valence-corrected chi connectivity index (χ2v) is 5.04. The van der Waals surface area contributed by atoms with Crippen LogP contribution in [0.25, 0.3) is 0 Å². The molecule has 1 rings (SSSR count). The van der Waals surface area contributed by atoms with Crippen LogP contribution < -0.4 is 0 Å².